The number of piperidine rings is 1. The molecule has 4 rings (SSSR count). The van der Waals surface area contributed by atoms with Crippen LogP contribution in [0.15, 0.2) is 23.0 Å². The number of hydrogen-bond acceptors (Lipinski definition) is 4. The zero-order chi connectivity index (χ0) is 15.1. The monoisotopic (exact) mass is 354 g/mol. The fourth-order valence-electron chi connectivity index (χ4n) is 3.70. The van der Waals surface area contributed by atoms with Gasteiger partial charge in [0.2, 0.25) is 0 Å². The molecule has 0 saturated carbocycles. The lowest BCUT2D eigenvalue weighted by Crippen LogP contribution is -2.40. The van der Waals surface area contributed by atoms with Crippen LogP contribution in [0.3, 0.4) is 0 Å². The molecule has 2 saturated heterocycles. The van der Waals surface area contributed by atoms with Crippen LogP contribution >= 0.6 is 24.0 Å². The Morgan fingerprint density at radius 3 is 3.00 bits per heavy atom. The van der Waals surface area contributed by atoms with Crippen molar-refractivity contribution in [2.75, 3.05) is 26.2 Å². The molecule has 2 fully saturated rings. The number of likely N-dealkylation sites (tertiary alicyclic amines) is 1. The minimum Gasteiger partial charge on any atom is -0.316 e. The Hall–Kier alpha value is -1.14. The van der Waals surface area contributed by atoms with Gasteiger partial charge in [-0.2, -0.15) is 0 Å². The van der Waals surface area contributed by atoms with Crippen molar-refractivity contribution in [3.63, 3.8) is 0 Å². The molecule has 124 valence electrons. The number of nitrogens with one attached hydrogen (secondary N) is 2. The van der Waals surface area contributed by atoms with Gasteiger partial charge in [-0.3, -0.25) is 9.69 Å². The van der Waals surface area contributed by atoms with E-state index in [0.717, 1.165) is 43.8 Å². The summed E-state index contributed by atoms with van der Waals surface area (Å²) in [5.74, 6) is 2.30. The zero-order valence-electron chi connectivity index (χ0n) is 12.7. The Morgan fingerprint density at radius 2 is 2.13 bits per heavy atom. The quantitative estimate of drug-likeness (QED) is 0.866. The highest BCUT2D eigenvalue weighted by Crippen LogP contribution is 2.27. The summed E-state index contributed by atoms with van der Waals surface area (Å²) in [7, 11) is 0. The van der Waals surface area contributed by atoms with E-state index in [1.165, 1.54) is 6.42 Å². The molecule has 2 N–H and O–H groups in total. The number of benzene rings is 1. The van der Waals surface area contributed by atoms with Crippen molar-refractivity contribution in [1.82, 2.24) is 20.2 Å². The van der Waals surface area contributed by atoms with Gasteiger partial charge in [0.25, 0.3) is 5.56 Å². The highest BCUT2D eigenvalue weighted by molar-refractivity contribution is 6.31. The Morgan fingerprint density at radius 1 is 1.30 bits per heavy atom. The van der Waals surface area contributed by atoms with Gasteiger partial charge >= 0.3 is 0 Å². The van der Waals surface area contributed by atoms with Crippen LogP contribution in [0.4, 0.5) is 0 Å². The third-order valence-electron chi connectivity index (χ3n) is 4.88. The Balaban J connectivity index is 0.00000156. The Kier molecular flexibility index (Phi) is 4.92. The van der Waals surface area contributed by atoms with Gasteiger partial charge in [0.15, 0.2) is 0 Å². The maximum Gasteiger partial charge on any atom is 0.258 e. The fourth-order valence-corrected chi connectivity index (χ4v) is 3.87. The molecule has 2 aliphatic rings. The molecule has 2 unspecified atom stereocenters. The van der Waals surface area contributed by atoms with Gasteiger partial charge in [0, 0.05) is 11.6 Å². The van der Waals surface area contributed by atoms with Gasteiger partial charge in [-0.1, -0.05) is 11.6 Å². The molecular formula is C16H20Cl2N4O. The van der Waals surface area contributed by atoms with Crippen molar-refractivity contribution >= 4 is 34.9 Å². The van der Waals surface area contributed by atoms with Crippen LogP contribution < -0.4 is 10.9 Å². The van der Waals surface area contributed by atoms with Gasteiger partial charge in [-0.25, -0.2) is 4.98 Å². The summed E-state index contributed by atoms with van der Waals surface area (Å²) in [6.07, 6.45) is 1.23. The predicted molar refractivity (Wildman–Crippen MR) is 94.4 cm³/mol. The van der Waals surface area contributed by atoms with E-state index in [9.17, 15) is 4.79 Å². The first-order chi connectivity index (χ1) is 10.7. The average molecular weight is 355 g/mol. The second-order valence-electron chi connectivity index (χ2n) is 6.38. The van der Waals surface area contributed by atoms with Gasteiger partial charge in [-0.15, -0.1) is 12.4 Å². The van der Waals surface area contributed by atoms with E-state index in [0.29, 0.717) is 22.5 Å². The highest BCUT2D eigenvalue weighted by atomic mass is 35.5. The summed E-state index contributed by atoms with van der Waals surface area (Å²) in [5.41, 5.74) is 0.598. The molecule has 0 amide bonds. The van der Waals surface area contributed by atoms with Crippen molar-refractivity contribution in [2.45, 2.75) is 13.0 Å². The highest BCUT2D eigenvalue weighted by Gasteiger charge is 2.32. The summed E-state index contributed by atoms with van der Waals surface area (Å²) in [5, 5.41) is 4.58. The minimum absolute atomic E-state index is 0. The van der Waals surface area contributed by atoms with E-state index in [1.807, 2.05) is 6.07 Å². The summed E-state index contributed by atoms with van der Waals surface area (Å²) < 4.78 is 0. The number of rotatable bonds is 2. The molecule has 0 aliphatic carbocycles. The first-order valence-corrected chi connectivity index (χ1v) is 8.18. The number of H-pyrrole nitrogens is 1. The number of hydrogen-bond donors (Lipinski definition) is 2. The SMILES string of the molecule is Cl.O=c1[nH]c(CN2CCC3CNCC3C2)nc2ccc(Cl)cc12. The predicted octanol–water partition coefficient (Wildman–Crippen LogP) is 2.04. The van der Waals surface area contributed by atoms with E-state index < -0.39 is 0 Å². The summed E-state index contributed by atoms with van der Waals surface area (Å²) in [6.45, 7) is 5.13. The number of aromatic nitrogens is 2. The molecule has 3 heterocycles. The van der Waals surface area contributed by atoms with E-state index >= 15 is 0 Å². The topological polar surface area (TPSA) is 61.0 Å². The molecule has 0 spiro atoms. The minimum atomic E-state index is -0.111. The van der Waals surface area contributed by atoms with Gasteiger partial charge in [-0.05, 0) is 56.1 Å². The molecule has 5 nitrogen and oxygen atoms in total. The van der Waals surface area contributed by atoms with Crippen LogP contribution in [0, 0.1) is 11.8 Å². The van der Waals surface area contributed by atoms with E-state index in [4.69, 9.17) is 11.6 Å². The van der Waals surface area contributed by atoms with Crippen LogP contribution in [0.5, 0.6) is 0 Å². The lowest BCUT2D eigenvalue weighted by Gasteiger charge is -2.34. The molecule has 2 aliphatic heterocycles. The molecule has 0 radical (unpaired) electrons. The number of halogens is 2. The van der Waals surface area contributed by atoms with Crippen molar-refractivity contribution in [2.24, 2.45) is 11.8 Å². The summed E-state index contributed by atoms with van der Waals surface area (Å²) in [6, 6.07) is 5.25. The lowest BCUT2D eigenvalue weighted by atomic mass is 9.89. The lowest BCUT2D eigenvalue weighted by molar-refractivity contribution is 0.139. The number of aromatic amines is 1. The molecular weight excluding hydrogens is 335 g/mol. The second-order valence-corrected chi connectivity index (χ2v) is 6.81. The third kappa shape index (κ3) is 3.38. The van der Waals surface area contributed by atoms with Crippen LogP contribution in [-0.2, 0) is 6.54 Å². The van der Waals surface area contributed by atoms with E-state index in [2.05, 4.69) is 20.2 Å². The van der Waals surface area contributed by atoms with Crippen molar-refractivity contribution < 1.29 is 0 Å². The number of nitrogens with zero attached hydrogens (tertiary/aromatic N) is 2. The average Bonchev–Trinajstić information content (AvgIpc) is 2.96. The molecule has 1 aromatic carbocycles. The normalized spacial score (nSPS) is 24.4. The maximum absolute atomic E-state index is 12.2. The van der Waals surface area contributed by atoms with Crippen molar-refractivity contribution in [3.8, 4) is 0 Å². The van der Waals surface area contributed by atoms with Crippen LogP contribution in [0.25, 0.3) is 10.9 Å². The van der Waals surface area contributed by atoms with E-state index in [1.54, 1.807) is 12.1 Å². The Bertz CT molecular complexity index is 763. The van der Waals surface area contributed by atoms with Gasteiger partial charge < -0.3 is 10.3 Å². The van der Waals surface area contributed by atoms with Gasteiger partial charge in [0.1, 0.15) is 5.82 Å². The number of fused-ring (bicyclic) bond motifs is 2. The van der Waals surface area contributed by atoms with Crippen LogP contribution in [0.1, 0.15) is 12.2 Å². The third-order valence-corrected chi connectivity index (χ3v) is 5.11. The van der Waals surface area contributed by atoms with Crippen LogP contribution in [-0.4, -0.2) is 41.0 Å². The van der Waals surface area contributed by atoms with Gasteiger partial charge in [0.05, 0.1) is 17.4 Å². The van der Waals surface area contributed by atoms with Crippen LogP contribution in [0.2, 0.25) is 5.02 Å². The largest absolute Gasteiger partial charge is 0.316 e. The molecule has 2 aromatic rings. The van der Waals surface area contributed by atoms with Crippen molar-refractivity contribution in [1.29, 1.82) is 0 Å². The Labute approximate surface area is 145 Å². The second kappa shape index (κ2) is 6.77. The first kappa shape index (κ1) is 16.7. The molecule has 2 atom stereocenters. The molecule has 1 aromatic heterocycles. The summed E-state index contributed by atoms with van der Waals surface area (Å²) in [4.78, 5) is 22.1. The molecule has 0 bridgehead atoms. The van der Waals surface area contributed by atoms with E-state index in [-0.39, 0.29) is 18.0 Å². The fraction of sp³-hybridized carbons (Fsp3) is 0.500. The van der Waals surface area contributed by atoms with Crippen molar-refractivity contribution in [3.05, 3.63) is 39.4 Å². The standard InChI is InChI=1S/C16H19ClN4O.ClH/c17-12-1-2-14-13(5-12)16(22)20-15(19-14)9-21-4-3-10-6-18-7-11(10)8-21;/h1-2,5,10-11,18H,3-4,6-9H2,(H,19,20,22);1H. The smallest absolute Gasteiger partial charge is 0.258 e. The summed E-state index contributed by atoms with van der Waals surface area (Å²) >= 11 is 5.94. The molecule has 23 heavy (non-hydrogen) atoms. The molecule has 7 heteroatoms. The zero-order valence-corrected chi connectivity index (χ0v) is 14.3. The first-order valence-electron chi connectivity index (χ1n) is 7.80. The maximum atomic E-state index is 12.2.